The molecule has 11 heteroatoms. The van der Waals surface area contributed by atoms with Crippen molar-refractivity contribution in [1.82, 2.24) is 19.1 Å². The summed E-state index contributed by atoms with van der Waals surface area (Å²) in [7, 11) is 0. The molecule has 5 nitrogen and oxygen atoms in total. The van der Waals surface area contributed by atoms with Crippen molar-refractivity contribution in [1.29, 1.82) is 5.26 Å². The maximum atomic E-state index is 14.1. The Labute approximate surface area is 280 Å². The number of hydrogen-bond acceptors (Lipinski definition) is 3. The zero-order valence-electron chi connectivity index (χ0n) is 26.3. The van der Waals surface area contributed by atoms with E-state index < -0.39 is 23.5 Å². The van der Waals surface area contributed by atoms with E-state index in [2.05, 4.69) is 6.07 Å². The largest absolute Gasteiger partial charge is 0.416 e. The Morgan fingerprint density at radius 1 is 0.540 bits per heavy atom. The number of halogens is 6. The van der Waals surface area contributed by atoms with Gasteiger partial charge in [-0.15, -0.1) is 0 Å². The van der Waals surface area contributed by atoms with Crippen LogP contribution in [0.1, 0.15) is 28.1 Å². The number of aryl methyl sites for hydroxylation is 2. The number of para-hydroxylation sites is 2. The molecule has 3 aromatic heterocycles. The number of rotatable bonds is 3. The Bertz CT molecular complexity index is 2710. The topological polar surface area (TPSA) is 59.4 Å². The maximum absolute atomic E-state index is 14.1. The molecule has 0 saturated carbocycles. The van der Waals surface area contributed by atoms with Crippen LogP contribution in [0.2, 0.25) is 0 Å². The lowest BCUT2D eigenvalue weighted by Gasteiger charge is -2.19. The van der Waals surface area contributed by atoms with E-state index in [1.807, 2.05) is 6.07 Å². The first-order chi connectivity index (χ1) is 23.8. The van der Waals surface area contributed by atoms with E-state index in [9.17, 15) is 31.6 Å². The molecule has 246 valence electrons. The highest BCUT2D eigenvalue weighted by molar-refractivity contribution is 6.11. The van der Waals surface area contributed by atoms with Crippen LogP contribution in [0.15, 0.2) is 103 Å². The van der Waals surface area contributed by atoms with Crippen molar-refractivity contribution >= 4 is 43.6 Å². The van der Waals surface area contributed by atoms with Gasteiger partial charge >= 0.3 is 12.4 Å². The average Bonchev–Trinajstić information content (AvgIpc) is 3.58. The number of benzene rings is 5. The summed E-state index contributed by atoms with van der Waals surface area (Å²) in [6.45, 7) is 3.56. The average molecular weight is 676 g/mol. The molecule has 0 radical (unpaired) electrons. The first-order valence-electron chi connectivity index (χ1n) is 15.5. The van der Waals surface area contributed by atoms with Crippen LogP contribution in [0.5, 0.6) is 0 Å². The van der Waals surface area contributed by atoms with E-state index in [1.54, 1.807) is 83.6 Å². The van der Waals surface area contributed by atoms with Gasteiger partial charge in [-0.3, -0.25) is 0 Å². The fourth-order valence-corrected chi connectivity index (χ4v) is 6.87. The van der Waals surface area contributed by atoms with Gasteiger partial charge in [0.1, 0.15) is 6.07 Å². The molecule has 8 rings (SSSR count). The van der Waals surface area contributed by atoms with Gasteiger partial charge in [0.2, 0.25) is 0 Å². The minimum absolute atomic E-state index is 0.0751. The third-order valence-electron chi connectivity index (χ3n) is 8.94. The normalized spacial score (nSPS) is 12.4. The number of nitrogens with zero attached hydrogens (tertiary/aromatic N) is 5. The summed E-state index contributed by atoms with van der Waals surface area (Å²) in [5.41, 5.74) is 2.19. The van der Waals surface area contributed by atoms with Gasteiger partial charge in [-0.1, -0.05) is 48.5 Å². The van der Waals surface area contributed by atoms with Crippen molar-refractivity contribution in [3.05, 3.63) is 131 Å². The molecule has 0 amide bonds. The first-order valence-corrected chi connectivity index (χ1v) is 15.5. The molecular formula is C39H23F6N5. The second-order valence-corrected chi connectivity index (χ2v) is 12.1. The lowest BCUT2D eigenvalue weighted by molar-refractivity contribution is -0.138. The lowest BCUT2D eigenvalue weighted by atomic mass is 10.0. The molecule has 0 saturated heterocycles. The minimum atomic E-state index is -4.62. The third-order valence-corrected chi connectivity index (χ3v) is 8.94. The molecule has 3 heterocycles. The van der Waals surface area contributed by atoms with Crippen molar-refractivity contribution in [2.75, 3.05) is 0 Å². The smallest absolute Gasteiger partial charge is 0.308 e. The first kappa shape index (κ1) is 31.1. The molecule has 0 bridgehead atoms. The van der Waals surface area contributed by atoms with Gasteiger partial charge in [0.25, 0.3) is 0 Å². The Morgan fingerprint density at radius 3 is 1.48 bits per heavy atom. The van der Waals surface area contributed by atoms with Crippen molar-refractivity contribution in [3.63, 3.8) is 0 Å². The predicted molar refractivity (Wildman–Crippen MR) is 180 cm³/mol. The predicted octanol–water partition coefficient (Wildman–Crippen LogP) is 10.9. The molecule has 0 unspecified atom stereocenters. The minimum Gasteiger partial charge on any atom is -0.308 e. The van der Waals surface area contributed by atoms with E-state index in [4.69, 9.17) is 9.97 Å². The van der Waals surface area contributed by atoms with E-state index in [0.29, 0.717) is 55.2 Å². The van der Waals surface area contributed by atoms with Crippen molar-refractivity contribution in [2.24, 2.45) is 0 Å². The molecule has 0 aliphatic carbocycles. The van der Waals surface area contributed by atoms with Gasteiger partial charge in [0.05, 0.1) is 50.1 Å². The van der Waals surface area contributed by atoms with E-state index >= 15 is 0 Å². The Morgan fingerprint density at radius 2 is 1.00 bits per heavy atom. The quantitative estimate of drug-likeness (QED) is 0.175. The van der Waals surface area contributed by atoms with Crippen LogP contribution in [0, 0.1) is 25.2 Å². The van der Waals surface area contributed by atoms with Gasteiger partial charge in [0.15, 0.2) is 5.82 Å². The third kappa shape index (κ3) is 4.86. The van der Waals surface area contributed by atoms with Gasteiger partial charge in [-0.05, 0) is 68.4 Å². The molecule has 0 atom stereocenters. The van der Waals surface area contributed by atoms with Crippen LogP contribution in [0.3, 0.4) is 0 Å². The SMILES string of the molecule is Cc1cc(C)nc(-c2cc(-n3c4ccccc4c4ccc(C(F)(F)F)cc43)c(C#N)cc2-n2c3ccccc3c3ccc(C(F)(F)F)cc32)n1. The van der Waals surface area contributed by atoms with Crippen molar-refractivity contribution < 1.29 is 26.3 Å². The van der Waals surface area contributed by atoms with E-state index in [1.165, 1.54) is 12.1 Å². The molecule has 0 aliphatic rings. The number of aromatic nitrogens is 4. The standard InChI is InChI=1S/C39H23F6N5/c1-21-15-22(2)48-37(47-21)30-19-33(49-31-9-5-3-7-26(31)28-13-11-24(17-35(28)49)38(40,41)42)23(20-46)16-34(30)50-32-10-6-4-8-27(32)29-14-12-25(18-36(29)50)39(43,44)45/h3-19H,1-2H3. The molecular weight excluding hydrogens is 652 g/mol. The number of fused-ring (bicyclic) bond motifs is 6. The zero-order chi connectivity index (χ0) is 35.1. The lowest BCUT2D eigenvalue weighted by Crippen LogP contribution is -2.08. The molecule has 50 heavy (non-hydrogen) atoms. The Kier molecular flexibility index (Phi) is 6.81. The molecule has 0 N–H and O–H groups in total. The summed E-state index contributed by atoms with van der Waals surface area (Å²) in [6, 6.07) is 28.5. The second kappa shape index (κ2) is 10.9. The molecule has 0 fully saturated rings. The van der Waals surface area contributed by atoms with Crippen molar-refractivity contribution in [2.45, 2.75) is 26.2 Å². The van der Waals surface area contributed by atoms with E-state index in [-0.39, 0.29) is 28.1 Å². The molecule has 0 spiro atoms. The van der Waals surface area contributed by atoms with Crippen LogP contribution < -0.4 is 0 Å². The summed E-state index contributed by atoms with van der Waals surface area (Å²) >= 11 is 0. The zero-order valence-corrected chi connectivity index (χ0v) is 26.3. The highest BCUT2D eigenvalue weighted by atomic mass is 19.4. The highest BCUT2D eigenvalue weighted by Crippen LogP contribution is 2.42. The van der Waals surface area contributed by atoms with Gasteiger partial charge in [-0.2, -0.15) is 31.6 Å². The Balaban J connectivity index is 1.54. The number of hydrogen-bond donors (Lipinski definition) is 0. The maximum Gasteiger partial charge on any atom is 0.416 e. The summed E-state index contributed by atoms with van der Waals surface area (Å²) in [6.07, 6.45) is -9.25. The fourth-order valence-electron chi connectivity index (χ4n) is 6.87. The summed E-state index contributed by atoms with van der Waals surface area (Å²) in [5.74, 6) is 0.234. The summed E-state index contributed by atoms with van der Waals surface area (Å²) in [5, 5.41) is 13.1. The van der Waals surface area contributed by atoms with Crippen LogP contribution in [-0.2, 0) is 12.4 Å². The van der Waals surface area contributed by atoms with Crippen LogP contribution >= 0.6 is 0 Å². The summed E-state index contributed by atoms with van der Waals surface area (Å²) in [4.78, 5) is 9.39. The monoisotopic (exact) mass is 675 g/mol. The van der Waals surface area contributed by atoms with Gasteiger partial charge in [-0.25, -0.2) is 9.97 Å². The Hall–Kier alpha value is -6.15. The molecule has 8 aromatic rings. The van der Waals surface area contributed by atoms with Gasteiger partial charge < -0.3 is 9.13 Å². The molecule has 0 aliphatic heterocycles. The number of alkyl halides is 6. The van der Waals surface area contributed by atoms with E-state index in [0.717, 1.165) is 24.3 Å². The van der Waals surface area contributed by atoms with Crippen molar-refractivity contribution in [3.8, 4) is 28.8 Å². The summed E-state index contributed by atoms with van der Waals surface area (Å²) < 4.78 is 87.6. The highest BCUT2D eigenvalue weighted by Gasteiger charge is 2.33. The molecule has 5 aromatic carbocycles. The van der Waals surface area contributed by atoms with Gasteiger partial charge in [0, 0.05) is 38.5 Å². The second-order valence-electron chi connectivity index (χ2n) is 12.1. The van der Waals surface area contributed by atoms with Crippen LogP contribution in [0.25, 0.3) is 66.4 Å². The fraction of sp³-hybridized carbons (Fsp3) is 0.103. The van der Waals surface area contributed by atoms with Crippen LogP contribution in [0.4, 0.5) is 26.3 Å². The van der Waals surface area contributed by atoms with Crippen LogP contribution in [-0.4, -0.2) is 19.1 Å². The number of nitriles is 1.